The van der Waals surface area contributed by atoms with Crippen LogP contribution >= 0.6 is 11.8 Å². The molecule has 3 rings (SSSR count). The van der Waals surface area contributed by atoms with E-state index >= 15 is 0 Å². The average Bonchev–Trinajstić information content (AvgIpc) is 3.02. The maximum atomic E-state index is 11.5. The molecule has 2 aromatic rings. The van der Waals surface area contributed by atoms with Gasteiger partial charge in [-0.05, 0) is 31.6 Å². The van der Waals surface area contributed by atoms with Gasteiger partial charge in [0.2, 0.25) is 0 Å². The fourth-order valence-corrected chi connectivity index (χ4v) is 4.15. The summed E-state index contributed by atoms with van der Waals surface area (Å²) in [6, 6.07) is 7.28. The van der Waals surface area contributed by atoms with Crippen molar-refractivity contribution in [1.82, 2.24) is 5.32 Å². The Morgan fingerprint density at radius 1 is 1.48 bits per heavy atom. The largest absolute Gasteiger partial charge is 0.478 e. The lowest BCUT2D eigenvalue weighted by Gasteiger charge is -2.22. The summed E-state index contributed by atoms with van der Waals surface area (Å²) in [5, 5.41) is 13.5. The van der Waals surface area contributed by atoms with E-state index in [-0.39, 0.29) is 10.3 Å². The smallest absolute Gasteiger partial charge is 0.339 e. The summed E-state index contributed by atoms with van der Waals surface area (Å²) in [6.45, 7) is 3.58. The first-order chi connectivity index (χ1) is 10.1. The third-order valence-corrected chi connectivity index (χ3v) is 5.51. The van der Waals surface area contributed by atoms with Gasteiger partial charge >= 0.3 is 5.97 Å². The zero-order valence-corrected chi connectivity index (χ0v) is 12.8. The van der Waals surface area contributed by atoms with Crippen LogP contribution in [-0.4, -0.2) is 28.1 Å². The van der Waals surface area contributed by atoms with Crippen LogP contribution in [0, 0.1) is 0 Å². The third kappa shape index (κ3) is 2.94. The Morgan fingerprint density at radius 2 is 2.29 bits per heavy atom. The van der Waals surface area contributed by atoms with Gasteiger partial charge in [-0.25, -0.2) is 4.79 Å². The molecule has 1 aromatic heterocycles. The summed E-state index contributed by atoms with van der Waals surface area (Å²) in [5.41, 5.74) is 0.912. The fourth-order valence-electron chi connectivity index (χ4n) is 2.87. The molecule has 1 aromatic carbocycles. The number of rotatable bonds is 5. The Bertz CT molecular complexity index is 659. The van der Waals surface area contributed by atoms with Crippen molar-refractivity contribution in [3.63, 3.8) is 0 Å². The number of furan rings is 1. The molecule has 1 atom stereocenters. The summed E-state index contributed by atoms with van der Waals surface area (Å²) in [4.78, 5) is 11.5. The molecule has 0 amide bonds. The number of carboxylic acids is 1. The predicted octanol–water partition coefficient (Wildman–Crippen LogP) is 3.51. The number of nitrogens with one attached hydrogen (secondary N) is 1. The van der Waals surface area contributed by atoms with Gasteiger partial charge < -0.3 is 14.8 Å². The van der Waals surface area contributed by atoms with Gasteiger partial charge in [0.1, 0.15) is 16.9 Å². The van der Waals surface area contributed by atoms with Crippen LogP contribution in [0.5, 0.6) is 0 Å². The number of hydrogen-bond acceptors (Lipinski definition) is 4. The molecule has 1 saturated heterocycles. The molecule has 5 heteroatoms. The molecule has 1 fully saturated rings. The Balaban J connectivity index is 1.77. The van der Waals surface area contributed by atoms with Crippen molar-refractivity contribution in [1.29, 1.82) is 0 Å². The number of carboxylic acid groups (broad SMARTS) is 1. The minimum absolute atomic E-state index is 0.259. The first-order valence-corrected chi connectivity index (χ1v) is 8.16. The Hall–Kier alpha value is -1.46. The zero-order chi connectivity index (χ0) is 14.9. The quantitative estimate of drug-likeness (QED) is 0.885. The molecule has 112 valence electrons. The molecule has 0 bridgehead atoms. The third-order valence-electron chi connectivity index (χ3n) is 3.97. The molecule has 21 heavy (non-hydrogen) atoms. The maximum absolute atomic E-state index is 11.5. The van der Waals surface area contributed by atoms with Gasteiger partial charge in [-0.15, -0.1) is 0 Å². The van der Waals surface area contributed by atoms with E-state index in [4.69, 9.17) is 4.42 Å². The standard InChI is InChI=1S/C16H19NO3S/c1-16(7-4-8-21-16)10-17-9-13-14(15(18)19)11-5-2-3-6-12(11)20-13/h2-3,5-6,17H,4,7-10H2,1H3,(H,18,19). The van der Waals surface area contributed by atoms with Crippen LogP contribution in [0.2, 0.25) is 0 Å². The summed E-state index contributed by atoms with van der Waals surface area (Å²) >= 11 is 1.99. The van der Waals surface area contributed by atoms with E-state index in [0.717, 1.165) is 6.54 Å². The molecular formula is C16H19NO3S. The number of fused-ring (bicyclic) bond motifs is 1. The fraction of sp³-hybridized carbons (Fsp3) is 0.438. The second-order valence-corrected chi connectivity index (χ2v) is 7.39. The van der Waals surface area contributed by atoms with E-state index in [1.54, 1.807) is 12.1 Å². The Kier molecular flexibility index (Phi) is 3.95. The van der Waals surface area contributed by atoms with Crippen molar-refractivity contribution in [3.8, 4) is 0 Å². The Morgan fingerprint density at radius 3 is 3.00 bits per heavy atom. The molecular weight excluding hydrogens is 286 g/mol. The number of hydrogen-bond donors (Lipinski definition) is 2. The molecule has 1 aliphatic rings. The van der Waals surface area contributed by atoms with Crippen LogP contribution in [0.4, 0.5) is 0 Å². The minimum atomic E-state index is -0.932. The van der Waals surface area contributed by atoms with Crippen LogP contribution in [0.1, 0.15) is 35.9 Å². The van der Waals surface area contributed by atoms with Crippen molar-refractivity contribution in [2.45, 2.75) is 31.1 Å². The highest BCUT2D eigenvalue weighted by atomic mass is 32.2. The van der Waals surface area contributed by atoms with Gasteiger partial charge in [0.25, 0.3) is 0 Å². The van der Waals surface area contributed by atoms with Crippen molar-refractivity contribution >= 4 is 28.7 Å². The monoisotopic (exact) mass is 305 g/mol. The number of carbonyl (C=O) groups is 1. The summed E-state index contributed by atoms with van der Waals surface area (Å²) in [5.74, 6) is 0.789. The van der Waals surface area contributed by atoms with Gasteiger partial charge in [-0.2, -0.15) is 11.8 Å². The van der Waals surface area contributed by atoms with Gasteiger partial charge in [-0.1, -0.05) is 18.2 Å². The molecule has 0 radical (unpaired) electrons. The van der Waals surface area contributed by atoms with Crippen LogP contribution in [0.25, 0.3) is 11.0 Å². The number of aromatic carboxylic acids is 1. The highest BCUT2D eigenvalue weighted by Crippen LogP contribution is 2.37. The molecule has 2 heterocycles. The summed E-state index contributed by atoms with van der Waals surface area (Å²) in [6.07, 6.45) is 2.46. The number of para-hydroxylation sites is 1. The van der Waals surface area contributed by atoms with Gasteiger partial charge in [0.15, 0.2) is 0 Å². The first kappa shape index (κ1) is 14.5. The molecule has 1 unspecified atom stereocenters. The molecule has 0 spiro atoms. The van der Waals surface area contributed by atoms with Crippen LogP contribution in [0.3, 0.4) is 0 Å². The number of thioether (sulfide) groups is 1. The minimum Gasteiger partial charge on any atom is -0.478 e. The van der Waals surface area contributed by atoms with E-state index in [1.807, 2.05) is 23.9 Å². The zero-order valence-electron chi connectivity index (χ0n) is 12.0. The highest BCUT2D eigenvalue weighted by molar-refractivity contribution is 8.00. The molecule has 2 N–H and O–H groups in total. The van der Waals surface area contributed by atoms with E-state index in [0.29, 0.717) is 23.3 Å². The van der Waals surface area contributed by atoms with E-state index < -0.39 is 5.97 Å². The van der Waals surface area contributed by atoms with Gasteiger partial charge in [0.05, 0.1) is 6.54 Å². The van der Waals surface area contributed by atoms with Gasteiger partial charge in [-0.3, -0.25) is 0 Å². The average molecular weight is 305 g/mol. The lowest BCUT2D eigenvalue weighted by Crippen LogP contribution is -2.32. The lowest BCUT2D eigenvalue weighted by atomic mass is 10.1. The first-order valence-electron chi connectivity index (χ1n) is 7.17. The van der Waals surface area contributed by atoms with Crippen LogP contribution in [0.15, 0.2) is 28.7 Å². The second-order valence-electron chi connectivity index (χ2n) is 5.71. The second kappa shape index (κ2) is 5.73. The van der Waals surface area contributed by atoms with Crippen molar-refractivity contribution in [2.24, 2.45) is 0 Å². The van der Waals surface area contributed by atoms with Crippen molar-refractivity contribution < 1.29 is 14.3 Å². The van der Waals surface area contributed by atoms with E-state index in [2.05, 4.69) is 12.2 Å². The molecule has 1 aliphatic heterocycles. The summed E-state index contributed by atoms with van der Waals surface area (Å²) < 4.78 is 5.97. The van der Waals surface area contributed by atoms with E-state index in [9.17, 15) is 9.90 Å². The SMILES string of the molecule is CC1(CNCc2oc3ccccc3c2C(=O)O)CCCS1. The van der Waals surface area contributed by atoms with Crippen LogP contribution in [-0.2, 0) is 6.54 Å². The van der Waals surface area contributed by atoms with Crippen molar-refractivity contribution in [2.75, 3.05) is 12.3 Å². The maximum Gasteiger partial charge on any atom is 0.339 e. The molecule has 4 nitrogen and oxygen atoms in total. The topological polar surface area (TPSA) is 62.5 Å². The van der Waals surface area contributed by atoms with Crippen LogP contribution < -0.4 is 5.32 Å². The number of benzene rings is 1. The highest BCUT2D eigenvalue weighted by Gasteiger charge is 2.29. The molecule has 0 aliphatic carbocycles. The molecule has 0 saturated carbocycles. The normalized spacial score (nSPS) is 22.0. The van der Waals surface area contributed by atoms with Crippen molar-refractivity contribution in [3.05, 3.63) is 35.6 Å². The summed E-state index contributed by atoms with van der Waals surface area (Å²) in [7, 11) is 0. The predicted molar refractivity (Wildman–Crippen MR) is 85.0 cm³/mol. The van der Waals surface area contributed by atoms with E-state index in [1.165, 1.54) is 18.6 Å². The Labute approximate surface area is 127 Å². The van der Waals surface area contributed by atoms with Gasteiger partial charge in [0, 0.05) is 16.7 Å². The lowest BCUT2D eigenvalue weighted by molar-refractivity contribution is 0.0696.